The van der Waals surface area contributed by atoms with Crippen LogP contribution in [0.3, 0.4) is 0 Å². The van der Waals surface area contributed by atoms with E-state index in [4.69, 9.17) is 0 Å². The van der Waals surface area contributed by atoms with Gasteiger partial charge in [-0.2, -0.15) is 0 Å². The lowest BCUT2D eigenvalue weighted by molar-refractivity contribution is 0.212. The Morgan fingerprint density at radius 1 is 0.952 bits per heavy atom. The van der Waals surface area contributed by atoms with Crippen LogP contribution in [0.25, 0.3) is 0 Å². The summed E-state index contributed by atoms with van der Waals surface area (Å²) in [5, 5.41) is 0. The van der Waals surface area contributed by atoms with Gasteiger partial charge in [0, 0.05) is 0 Å². The molecule has 0 aromatic rings. The molecule has 9 unspecified atom stereocenters. The van der Waals surface area contributed by atoms with Gasteiger partial charge in [-0.15, -0.1) is 0 Å². The van der Waals surface area contributed by atoms with Crippen LogP contribution in [0.2, 0.25) is 0 Å². The van der Waals surface area contributed by atoms with E-state index < -0.39 is 0 Å². The summed E-state index contributed by atoms with van der Waals surface area (Å²) in [6, 6.07) is 0. The average molecular weight is 289 g/mol. The largest absolute Gasteiger partial charge is 0.0651 e. The van der Waals surface area contributed by atoms with E-state index in [0.717, 1.165) is 64.6 Å². The Hall–Kier alpha value is 0. The first-order chi connectivity index (χ1) is 9.89. The second-order valence-corrected chi connectivity index (χ2v) is 10.0. The molecular formula is C21H36. The van der Waals surface area contributed by atoms with Gasteiger partial charge in [0.2, 0.25) is 0 Å². The summed E-state index contributed by atoms with van der Waals surface area (Å²) in [7, 11) is 0. The van der Waals surface area contributed by atoms with E-state index >= 15 is 0 Å². The molecule has 4 aliphatic rings. The minimum atomic E-state index is 0.727. The maximum Gasteiger partial charge on any atom is -0.0286 e. The van der Waals surface area contributed by atoms with Crippen molar-refractivity contribution >= 4 is 0 Å². The summed E-state index contributed by atoms with van der Waals surface area (Å²) in [4.78, 5) is 0. The van der Waals surface area contributed by atoms with E-state index in [9.17, 15) is 0 Å². The Morgan fingerprint density at radius 2 is 1.57 bits per heavy atom. The number of hydrogen-bond acceptors (Lipinski definition) is 0. The van der Waals surface area contributed by atoms with Crippen LogP contribution in [0.4, 0.5) is 0 Å². The molecule has 0 heterocycles. The first-order valence-electron chi connectivity index (χ1n) is 9.89. The van der Waals surface area contributed by atoms with E-state index in [2.05, 4.69) is 41.5 Å². The standard InChI is InChI=1S/C21H36/c1-7-15-13(4)19(15)11(2)8-16-14(5)20(16)21(6)9-17-12(3)18(17)10-21/h11-20H,7-10H2,1-6H3. The van der Waals surface area contributed by atoms with E-state index in [1.807, 2.05) is 0 Å². The topological polar surface area (TPSA) is 0 Å². The predicted octanol–water partition coefficient (Wildman–Crippen LogP) is 5.87. The molecule has 4 saturated carbocycles. The fourth-order valence-electron chi connectivity index (χ4n) is 7.55. The van der Waals surface area contributed by atoms with Gasteiger partial charge in [-0.1, -0.05) is 48.0 Å². The number of fused-ring (bicyclic) bond motifs is 1. The molecule has 0 saturated heterocycles. The van der Waals surface area contributed by atoms with E-state index in [0.29, 0.717) is 0 Å². The van der Waals surface area contributed by atoms with Crippen molar-refractivity contribution in [1.29, 1.82) is 0 Å². The van der Waals surface area contributed by atoms with Gasteiger partial charge in [0.05, 0.1) is 0 Å². The van der Waals surface area contributed by atoms with Crippen LogP contribution < -0.4 is 0 Å². The monoisotopic (exact) mass is 288 g/mol. The summed E-state index contributed by atoms with van der Waals surface area (Å²) in [5.74, 6) is 10.6. The van der Waals surface area contributed by atoms with Gasteiger partial charge in [-0.25, -0.2) is 0 Å². The van der Waals surface area contributed by atoms with Gasteiger partial charge in [-0.3, -0.25) is 0 Å². The molecule has 9 atom stereocenters. The molecular weight excluding hydrogens is 252 g/mol. The van der Waals surface area contributed by atoms with Gasteiger partial charge in [0.25, 0.3) is 0 Å². The first kappa shape index (κ1) is 14.6. The minimum Gasteiger partial charge on any atom is -0.0651 e. The van der Waals surface area contributed by atoms with Crippen molar-refractivity contribution in [3.63, 3.8) is 0 Å². The van der Waals surface area contributed by atoms with Crippen LogP contribution in [-0.4, -0.2) is 0 Å². The molecule has 21 heavy (non-hydrogen) atoms. The summed E-state index contributed by atoms with van der Waals surface area (Å²) in [5.41, 5.74) is 0.727. The quantitative estimate of drug-likeness (QED) is 0.593. The Kier molecular flexibility index (Phi) is 3.13. The molecule has 0 amide bonds. The summed E-state index contributed by atoms with van der Waals surface area (Å²) in [6.45, 7) is 15.2. The van der Waals surface area contributed by atoms with E-state index in [1.165, 1.54) is 12.8 Å². The van der Waals surface area contributed by atoms with Crippen LogP contribution in [-0.2, 0) is 0 Å². The van der Waals surface area contributed by atoms with Gasteiger partial charge < -0.3 is 0 Å². The van der Waals surface area contributed by atoms with Crippen molar-refractivity contribution in [2.75, 3.05) is 0 Å². The van der Waals surface area contributed by atoms with Crippen LogP contribution in [0.5, 0.6) is 0 Å². The number of rotatable bonds is 5. The fourth-order valence-corrected chi connectivity index (χ4v) is 7.55. The molecule has 0 radical (unpaired) electrons. The lowest BCUT2D eigenvalue weighted by atomic mass is 9.77. The zero-order valence-corrected chi connectivity index (χ0v) is 15.1. The lowest BCUT2D eigenvalue weighted by Gasteiger charge is -2.28. The molecule has 0 heteroatoms. The Bertz CT molecular complexity index is 412. The van der Waals surface area contributed by atoms with Crippen LogP contribution >= 0.6 is 0 Å². The van der Waals surface area contributed by atoms with Crippen molar-refractivity contribution in [2.24, 2.45) is 64.6 Å². The second kappa shape index (κ2) is 4.51. The second-order valence-electron chi connectivity index (χ2n) is 10.0. The molecule has 0 aliphatic heterocycles. The summed E-state index contributed by atoms with van der Waals surface area (Å²) >= 11 is 0. The average Bonchev–Trinajstić information content (AvgIpc) is 3.33. The fraction of sp³-hybridized carbons (Fsp3) is 1.00. The van der Waals surface area contributed by atoms with Crippen molar-refractivity contribution in [3.8, 4) is 0 Å². The predicted molar refractivity (Wildman–Crippen MR) is 89.8 cm³/mol. The Labute approximate surface area is 132 Å². The SMILES string of the molecule is CCC1C(C)C1C(C)CC1C(C)C1C1(C)CC2C(C)C2C1. The zero-order valence-electron chi connectivity index (χ0n) is 15.1. The maximum atomic E-state index is 2.65. The maximum absolute atomic E-state index is 2.65. The molecule has 4 aliphatic carbocycles. The van der Waals surface area contributed by atoms with Gasteiger partial charge in [0.15, 0.2) is 0 Å². The van der Waals surface area contributed by atoms with Crippen molar-refractivity contribution in [3.05, 3.63) is 0 Å². The molecule has 0 nitrogen and oxygen atoms in total. The molecule has 4 rings (SSSR count). The molecule has 0 N–H and O–H groups in total. The summed E-state index contributed by atoms with van der Waals surface area (Å²) in [6.07, 6.45) is 6.09. The Morgan fingerprint density at radius 3 is 2.10 bits per heavy atom. The van der Waals surface area contributed by atoms with Crippen molar-refractivity contribution < 1.29 is 0 Å². The molecule has 120 valence electrons. The summed E-state index contributed by atoms with van der Waals surface area (Å²) < 4.78 is 0. The Balaban J connectivity index is 1.34. The first-order valence-corrected chi connectivity index (χ1v) is 9.89. The van der Waals surface area contributed by atoms with Gasteiger partial charge >= 0.3 is 0 Å². The molecule has 0 spiro atoms. The third-order valence-electron chi connectivity index (χ3n) is 8.94. The van der Waals surface area contributed by atoms with Gasteiger partial charge in [0.1, 0.15) is 0 Å². The highest BCUT2D eigenvalue weighted by atomic mass is 14.7. The number of hydrogen-bond donors (Lipinski definition) is 0. The van der Waals surface area contributed by atoms with Gasteiger partial charge in [-0.05, 0) is 83.9 Å². The molecule has 4 fully saturated rings. The molecule has 0 bridgehead atoms. The van der Waals surface area contributed by atoms with Crippen molar-refractivity contribution in [2.45, 2.75) is 67.2 Å². The highest BCUT2D eigenvalue weighted by Crippen LogP contribution is 2.72. The van der Waals surface area contributed by atoms with Crippen LogP contribution in [0.15, 0.2) is 0 Å². The van der Waals surface area contributed by atoms with Crippen molar-refractivity contribution in [1.82, 2.24) is 0 Å². The van der Waals surface area contributed by atoms with Crippen LogP contribution in [0, 0.1) is 64.6 Å². The highest BCUT2D eigenvalue weighted by Gasteiger charge is 2.66. The van der Waals surface area contributed by atoms with E-state index in [1.54, 1.807) is 12.8 Å². The molecule has 0 aromatic carbocycles. The lowest BCUT2D eigenvalue weighted by Crippen LogP contribution is -2.20. The zero-order chi connectivity index (χ0) is 15.1. The van der Waals surface area contributed by atoms with Crippen LogP contribution in [0.1, 0.15) is 67.2 Å². The third-order valence-corrected chi connectivity index (χ3v) is 8.94. The third kappa shape index (κ3) is 2.07. The highest BCUT2D eigenvalue weighted by molar-refractivity contribution is 5.14. The molecule has 0 aromatic heterocycles. The minimum absolute atomic E-state index is 0.727. The smallest absolute Gasteiger partial charge is 0.0286 e. The normalized spacial score (nSPS) is 62.3. The van der Waals surface area contributed by atoms with E-state index in [-0.39, 0.29) is 0 Å².